The lowest BCUT2D eigenvalue weighted by Gasteiger charge is -2.34. The van der Waals surface area contributed by atoms with Crippen LogP contribution in [0.1, 0.15) is 34.1 Å². The smallest absolute Gasteiger partial charge is 0.402 e. The first-order valence-electron chi connectivity index (χ1n) is 4.53. The van der Waals surface area contributed by atoms with Crippen molar-refractivity contribution in [3.63, 3.8) is 0 Å². The third-order valence-electron chi connectivity index (χ3n) is 2.50. The lowest BCUT2D eigenvalue weighted by atomic mass is 9.85. The molecule has 0 saturated heterocycles. The highest BCUT2D eigenvalue weighted by Crippen LogP contribution is 2.25. The molecule has 0 spiro atoms. The Balaban J connectivity index is 4.25. The second-order valence-electron chi connectivity index (χ2n) is 3.81. The van der Waals surface area contributed by atoms with E-state index in [1.165, 1.54) is 0 Å². The number of hydrogen-bond acceptors (Lipinski definition) is 4. The van der Waals surface area contributed by atoms with Gasteiger partial charge in [0.2, 0.25) is 0 Å². The molecule has 0 rings (SSSR count). The third kappa shape index (κ3) is 4.09. The molecule has 0 fully saturated rings. The van der Waals surface area contributed by atoms with Gasteiger partial charge in [-0.3, -0.25) is 0 Å². The minimum atomic E-state index is -1.79. The van der Waals surface area contributed by atoms with E-state index < -0.39 is 19.0 Å². The molecule has 5 heteroatoms. The summed E-state index contributed by atoms with van der Waals surface area (Å²) in [5.41, 5.74) is -0.746. The van der Waals surface area contributed by atoms with Crippen molar-refractivity contribution in [2.45, 2.75) is 45.8 Å². The molecular formula is C8H19BO4. The zero-order valence-corrected chi connectivity index (χ0v) is 8.69. The van der Waals surface area contributed by atoms with Crippen molar-refractivity contribution in [1.82, 2.24) is 0 Å². The SMILES string of the molecule is CCC(O)C(C)C(C)(C)OB(O)O. The fraction of sp³-hybridized carbons (Fsp3) is 1.00. The molecule has 0 radical (unpaired) electrons. The van der Waals surface area contributed by atoms with Gasteiger partial charge in [-0.15, -0.1) is 0 Å². The van der Waals surface area contributed by atoms with Gasteiger partial charge in [-0.1, -0.05) is 13.8 Å². The average Bonchev–Trinajstić information content (AvgIpc) is 1.99. The Hall–Kier alpha value is -0.0951. The van der Waals surface area contributed by atoms with E-state index in [1.807, 2.05) is 13.8 Å². The van der Waals surface area contributed by atoms with Gasteiger partial charge in [-0.25, -0.2) is 0 Å². The van der Waals surface area contributed by atoms with Gasteiger partial charge in [0.1, 0.15) is 0 Å². The third-order valence-corrected chi connectivity index (χ3v) is 2.50. The molecule has 0 aromatic rings. The average molecular weight is 190 g/mol. The van der Waals surface area contributed by atoms with E-state index in [9.17, 15) is 5.11 Å². The summed E-state index contributed by atoms with van der Waals surface area (Å²) in [6, 6.07) is 0. The number of aliphatic hydroxyl groups is 1. The van der Waals surface area contributed by atoms with Crippen LogP contribution in [0.2, 0.25) is 0 Å². The Bertz CT molecular complexity index is 149. The van der Waals surface area contributed by atoms with E-state index in [2.05, 4.69) is 0 Å². The van der Waals surface area contributed by atoms with Gasteiger partial charge in [0.15, 0.2) is 0 Å². The molecule has 4 nitrogen and oxygen atoms in total. The molecule has 0 amide bonds. The molecule has 78 valence electrons. The maximum atomic E-state index is 9.53. The minimum absolute atomic E-state index is 0.153. The topological polar surface area (TPSA) is 69.9 Å². The van der Waals surface area contributed by atoms with E-state index in [0.29, 0.717) is 6.42 Å². The summed E-state index contributed by atoms with van der Waals surface area (Å²) in [7, 11) is -1.79. The van der Waals surface area contributed by atoms with Gasteiger partial charge in [0.25, 0.3) is 0 Å². The summed E-state index contributed by atoms with van der Waals surface area (Å²) >= 11 is 0. The fourth-order valence-electron chi connectivity index (χ4n) is 1.20. The van der Waals surface area contributed by atoms with E-state index >= 15 is 0 Å². The molecule has 0 heterocycles. The molecule has 0 saturated carbocycles. The van der Waals surface area contributed by atoms with Crippen LogP contribution in [0.15, 0.2) is 0 Å². The highest BCUT2D eigenvalue weighted by Gasteiger charge is 2.34. The van der Waals surface area contributed by atoms with Gasteiger partial charge < -0.3 is 19.8 Å². The zero-order valence-electron chi connectivity index (χ0n) is 8.69. The molecule has 13 heavy (non-hydrogen) atoms. The van der Waals surface area contributed by atoms with Crippen molar-refractivity contribution in [2.24, 2.45) is 5.92 Å². The Morgan fingerprint density at radius 2 is 1.85 bits per heavy atom. The number of rotatable bonds is 5. The minimum Gasteiger partial charge on any atom is -0.402 e. The van der Waals surface area contributed by atoms with E-state index in [-0.39, 0.29) is 5.92 Å². The van der Waals surface area contributed by atoms with Crippen molar-refractivity contribution in [2.75, 3.05) is 0 Å². The van der Waals surface area contributed by atoms with Crippen molar-refractivity contribution in [3.8, 4) is 0 Å². The molecule has 0 aliphatic heterocycles. The molecule has 0 aromatic heterocycles. The van der Waals surface area contributed by atoms with Crippen molar-refractivity contribution < 1.29 is 19.8 Å². The summed E-state index contributed by atoms with van der Waals surface area (Å²) < 4.78 is 4.87. The van der Waals surface area contributed by atoms with E-state index in [1.54, 1.807) is 13.8 Å². The fourth-order valence-corrected chi connectivity index (χ4v) is 1.20. The summed E-state index contributed by atoms with van der Waals surface area (Å²) in [4.78, 5) is 0. The van der Waals surface area contributed by atoms with E-state index in [0.717, 1.165) is 0 Å². The predicted molar refractivity (Wildman–Crippen MR) is 50.8 cm³/mol. The molecule has 2 atom stereocenters. The largest absolute Gasteiger partial charge is 0.634 e. The Morgan fingerprint density at radius 1 is 1.38 bits per heavy atom. The predicted octanol–water partition coefficient (Wildman–Crippen LogP) is 0.158. The molecule has 0 aromatic carbocycles. The first-order chi connectivity index (χ1) is 5.81. The highest BCUT2D eigenvalue weighted by molar-refractivity contribution is 6.32. The Kier molecular flexibility index (Phi) is 4.92. The lowest BCUT2D eigenvalue weighted by molar-refractivity contribution is -0.0451. The Labute approximate surface area is 79.7 Å². The summed E-state index contributed by atoms with van der Waals surface area (Å²) in [5.74, 6) is -0.153. The van der Waals surface area contributed by atoms with Gasteiger partial charge in [0.05, 0.1) is 11.7 Å². The van der Waals surface area contributed by atoms with Crippen LogP contribution in [0.3, 0.4) is 0 Å². The van der Waals surface area contributed by atoms with Gasteiger partial charge in [-0.2, -0.15) is 0 Å². The molecule has 0 aliphatic carbocycles. The summed E-state index contributed by atoms with van der Waals surface area (Å²) in [6.45, 7) is 7.12. The van der Waals surface area contributed by atoms with Gasteiger partial charge in [-0.05, 0) is 20.3 Å². The maximum Gasteiger partial charge on any atom is 0.634 e. The lowest BCUT2D eigenvalue weighted by Crippen LogP contribution is -2.43. The summed E-state index contributed by atoms with van der Waals surface area (Å²) in [5, 5.41) is 26.8. The first-order valence-corrected chi connectivity index (χ1v) is 4.53. The van der Waals surface area contributed by atoms with Crippen LogP contribution >= 0.6 is 0 Å². The van der Waals surface area contributed by atoms with Crippen LogP contribution in [0, 0.1) is 5.92 Å². The van der Waals surface area contributed by atoms with Crippen molar-refractivity contribution in [3.05, 3.63) is 0 Å². The van der Waals surface area contributed by atoms with Gasteiger partial charge >= 0.3 is 7.32 Å². The van der Waals surface area contributed by atoms with Crippen LogP contribution in [0.5, 0.6) is 0 Å². The normalized spacial score (nSPS) is 16.8. The number of aliphatic hydroxyl groups excluding tert-OH is 1. The zero-order chi connectivity index (χ0) is 10.6. The first kappa shape index (κ1) is 12.9. The second-order valence-corrected chi connectivity index (χ2v) is 3.81. The Morgan fingerprint density at radius 3 is 2.15 bits per heavy atom. The summed E-state index contributed by atoms with van der Waals surface area (Å²) in [6.07, 6.45) is 0.129. The maximum absolute atomic E-state index is 9.53. The molecule has 2 unspecified atom stereocenters. The number of hydrogen-bond donors (Lipinski definition) is 3. The quantitative estimate of drug-likeness (QED) is 0.540. The van der Waals surface area contributed by atoms with Crippen LogP contribution in [-0.2, 0) is 4.65 Å². The van der Waals surface area contributed by atoms with Crippen LogP contribution in [0.4, 0.5) is 0 Å². The monoisotopic (exact) mass is 190 g/mol. The van der Waals surface area contributed by atoms with Crippen molar-refractivity contribution >= 4 is 7.32 Å². The molecule has 0 bridgehead atoms. The van der Waals surface area contributed by atoms with Crippen molar-refractivity contribution in [1.29, 1.82) is 0 Å². The molecule has 0 aliphatic rings. The van der Waals surface area contributed by atoms with Gasteiger partial charge in [0, 0.05) is 5.92 Å². The second kappa shape index (κ2) is 4.95. The highest BCUT2D eigenvalue weighted by atomic mass is 16.6. The molecule has 3 N–H and O–H groups in total. The van der Waals surface area contributed by atoms with Crippen LogP contribution in [-0.4, -0.2) is 34.2 Å². The van der Waals surface area contributed by atoms with Crippen LogP contribution in [0.25, 0.3) is 0 Å². The molecular weight excluding hydrogens is 171 g/mol. The standard InChI is InChI=1S/C8H19BO4/c1-5-7(10)6(2)8(3,4)13-9(11)12/h6-7,10-12H,5H2,1-4H3. The van der Waals surface area contributed by atoms with E-state index in [4.69, 9.17) is 14.7 Å². The van der Waals surface area contributed by atoms with Crippen LogP contribution < -0.4 is 0 Å².